The summed E-state index contributed by atoms with van der Waals surface area (Å²) in [5, 5.41) is 0. The van der Waals surface area contributed by atoms with Gasteiger partial charge in [0.05, 0.1) is 17.9 Å². The summed E-state index contributed by atoms with van der Waals surface area (Å²) in [5.74, 6) is -0.0947. The van der Waals surface area contributed by atoms with Gasteiger partial charge in [0, 0.05) is 32.2 Å². The molecule has 138 valence electrons. The maximum atomic E-state index is 14.2. The lowest BCUT2D eigenvalue weighted by Gasteiger charge is -2.43. The van der Waals surface area contributed by atoms with E-state index in [1.165, 1.54) is 45.2 Å². The molecule has 1 aromatic carbocycles. The zero-order valence-corrected chi connectivity index (χ0v) is 15.4. The molecule has 0 amide bonds. The number of likely N-dealkylation sites (tertiary alicyclic amines) is 1. The van der Waals surface area contributed by atoms with E-state index < -0.39 is 0 Å². The van der Waals surface area contributed by atoms with Crippen molar-refractivity contribution in [2.45, 2.75) is 70.1 Å². The van der Waals surface area contributed by atoms with Crippen LogP contribution in [0.3, 0.4) is 0 Å². The van der Waals surface area contributed by atoms with Crippen LogP contribution < -0.4 is 4.90 Å². The Labute approximate surface area is 151 Å². The molecule has 25 heavy (non-hydrogen) atoms. The highest BCUT2D eigenvalue weighted by atomic mass is 19.1. The van der Waals surface area contributed by atoms with Crippen LogP contribution in [0.25, 0.3) is 0 Å². The number of hydrogen-bond donors (Lipinski definition) is 0. The van der Waals surface area contributed by atoms with Crippen molar-refractivity contribution in [2.75, 3.05) is 31.1 Å². The van der Waals surface area contributed by atoms with Gasteiger partial charge in [-0.3, -0.25) is 0 Å². The molecule has 3 nitrogen and oxygen atoms in total. The summed E-state index contributed by atoms with van der Waals surface area (Å²) in [7, 11) is 0. The largest absolute Gasteiger partial charge is 0.375 e. The Bertz CT molecular complexity index is 573. The summed E-state index contributed by atoms with van der Waals surface area (Å²) in [4.78, 5) is 4.85. The Kier molecular flexibility index (Phi) is 5.28. The molecule has 0 unspecified atom stereocenters. The van der Waals surface area contributed by atoms with Crippen molar-refractivity contribution in [3.8, 4) is 0 Å². The lowest BCUT2D eigenvalue weighted by Crippen LogP contribution is -2.47. The molecule has 0 bridgehead atoms. The SMILES string of the molecule is Cc1ccc(N2CCC(OC3CCN(C4CCC4)CC3)CC2)c(F)c1. The van der Waals surface area contributed by atoms with Gasteiger partial charge in [0.25, 0.3) is 0 Å². The van der Waals surface area contributed by atoms with E-state index in [2.05, 4.69) is 9.80 Å². The third-order valence-corrected chi connectivity index (χ3v) is 6.34. The number of ether oxygens (including phenoxy) is 1. The first-order chi connectivity index (χ1) is 12.2. The summed E-state index contributed by atoms with van der Waals surface area (Å²) < 4.78 is 20.6. The first kappa shape index (κ1) is 17.3. The van der Waals surface area contributed by atoms with Crippen molar-refractivity contribution in [1.29, 1.82) is 0 Å². The molecule has 4 heteroatoms. The maximum Gasteiger partial charge on any atom is 0.146 e. The van der Waals surface area contributed by atoms with Crippen LogP contribution in [0.4, 0.5) is 10.1 Å². The first-order valence-electron chi connectivity index (χ1n) is 10.1. The van der Waals surface area contributed by atoms with Crippen LogP contribution in [0.15, 0.2) is 18.2 Å². The zero-order chi connectivity index (χ0) is 17.2. The molecule has 0 N–H and O–H groups in total. The Hall–Kier alpha value is -1.13. The van der Waals surface area contributed by atoms with E-state index in [1.54, 1.807) is 6.07 Å². The van der Waals surface area contributed by atoms with Crippen molar-refractivity contribution < 1.29 is 9.13 Å². The number of rotatable bonds is 4. The quantitative estimate of drug-likeness (QED) is 0.815. The fourth-order valence-electron chi connectivity index (χ4n) is 4.50. The van der Waals surface area contributed by atoms with Gasteiger partial charge in [-0.25, -0.2) is 4.39 Å². The van der Waals surface area contributed by atoms with Crippen LogP contribution in [0, 0.1) is 12.7 Å². The minimum atomic E-state index is -0.0947. The van der Waals surface area contributed by atoms with Crippen molar-refractivity contribution >= 4 is 5.69 Å². The summed E-state index contributed by atoms with van der Waals surface area (Å²) in [6.45, 7) is 6.14. The Morgan fingerprint density at radius 1 is 0.920 bits per heavy atom. The molecule has 1 aliphatic carbocycles. The highest BCUT2D eigenvalue weighted by Gasteiger charge is 2.31. The van der Waals surface area contributed by atoms with Crippen LogP contribution >= 0.6 is 0 Å². The van der Waals surface area contributed by atoms with E-state index >= 15 is 0 Å². The van der Waals surface area contributed by atoms with Crippen molar-refractivity contribution in [3.63, 3.8) is 0 Å². The molecule has 2 saturated heterocycles. The monoisotopic (exact) mass is 346 g/mol. The van der Waals surface area contributed by atoms with Crippen molar-refractivity contribution in [1.82, 2.24) is 4.90 Å². The Balaban J connectivity index is 1.22. The smallest absolute Gasteiger partial charge is 0.146 e. The van der Waals surface area contributed by atoms with Gasteiger partial charge in [0.2, 0.25) is 0 Å². The van der Waals surface area contributed by atoms with Crippen LogP contribution in [0.2, 0.25) is 0 Å². The topological polar surface area (TPSA) is 15.7 Å². The molecule has 0 aromatic heterocycles. The highest BCUT2D eigenvalue weighted by Crippen LogP contribution is 2.30. The fourth-order valence-corrected chi connectivity index (χ4v) is 4.50. The van der Waals surface area contributed by atoms with Gasteiger partial charge in [0.1, 0.15) is 5.82 Å². The van der Waals surface area contributed by atoms with Gasteiger partial charge in [-0.1, -0.05) is 12.5 Å². The van der Waals surface area contributed by atoms with Gasteiger partial charge in [0.15, 0.2) is 0 Å². The van der Waals surface area contributed by atoms with E-state index in [1.807, 2.05) is 19.1 Å². The summed E-state index contributed by atoms with van der Waals surface area (Å²) in [5.41, 5.74) is 1.73. The molecule has 1 saturated carbocycles. The average Bonchev–Trinajstić information content (AvgIpc) is 2.56. The second-order valence-electron chi connectivity index (χ2n) is 8.10. The average molecular weight is 346 g/mol. The van der Waals surface area contributed by atoms with E-state index in [-0.39, 0.29) is 5.82 Å². The fraction of sp³-hybridized carbons (Fsp3) is 0.714. The van der Waals surface area contributed by atoms with Crippen molar-refractivity contribution in [3.05, 3.63) is 29.6 Å². The van der Waals surface area contributed by atoms with Crippen LogP contribution in [-0.4, -0.2) is 49.3 Å². The second kappa shape index (κ2) is 7.63. The van der Waals surface area contributed by atoms with E-state index in [0.29, 0.717) is 12.2 Å². The van der Waals surface area contributed by atoms with Gasteiger partial charge in [-0.15, -0.1) is 0 Å². The van der Waals surface area contributed by atoms with Crippen molar-refractivity contribution in [2.24, 2.45) is 0 Å². The van der Waals surface area contributed by atoms with Gasteiger partial charge >= 0.3 is 0 Å². The van der Waals surface area contributed by atoms with E-state index in [4.69, 9.17) is 4.74 Å². The molecule has 0 spiro atoms. The van der Waals surface area contributed by atoms with Crippen LogP contribution in [0.1, 0.15) is 50.5 Å². The van der Waals surface area contributed by atoms with Crippen LogP contribution in [-0.2, 0) is 4.74 Å². The zero-order valence-electron chi connectivity index (χ0n) is 15.4. The summed E-state index contributed by atoms with van der Waals surface area (Å²) in [6, 6.07) is 6.42. The Morgan fingerprint density at radius 2 is 1.56 bits per heavy atom. The molecule has 2 heterocycles. The Morgan fingerprint density at radius 3 is 2.12 bits per heavy atom. The molecule has 1 aromatic rings. The maximum absolute atomic E-state index is 14.2. The molecule has 4 rings (SSSR count). The standard InChI is InChI=1S/C21H31FN2O/c1-16-5-6-21(20(22)15-16)24-13-9-19(10-14-24)25-18-7-11-23(12-8-18)17-3-2-4-17/h5-6,15,17-19H,2-4,7-14H2,1H3. The van der Waals surface area contributed by atoms with E-state index in [0.717, 1.165) is 43.2 Å². The molecule has 0 radical (unpaired) electrons. The highest BCUT2D eigenvalue weighted by molar-refractivity contribution is 5.49. The summed E-state index contributed by atoms with van der Waals surface area (Å²) in [6.07, 6.45) is 9.40. The molecular formula is C21H31FN2O. The minimum absolute atomic E-state index is 0.0947. The van der Waals surface area contributed by atoms with E-state index in [9.17, 15) is 4.39 Å². The van der Waals surface area contributed by atoms with Gasteiger partial charge in [-0.05, 0) is 63.1 Å². The number of benzene rings is 1. The number of piperidine rings is 2. The number of nitrogens with zero attached hydrogens (tertiary/aromatic N) is 2. The van der Waals surface area contributed by atoms with Crippen LogP contribution in [0.5, 0.6) is 0 Å². The molecule has 0 atom stereocenters. The lowest BCUT2D eigenvalue weighted by atomic mass is 9.89. The predicted octanol–water partition coefficient (Wildman–Crippen LogP) is 4.14. The summed E-state index contributed by atoms with van der Waals surface area (Å²) >= 11 is 0. The normalized spacial score (nSPS) is 24.5. The molecule has 2 aliphatic heterocycles. The first-order valence-corrected chi connectivity index (χ1v) is 10.1. The molecular weight excluding hydrogens is 315 g/mol. The van der Waals surface area contributed by atoms with Gasteiger partial charge < -0.3 is 14.5 Å². The van der Waals surface area contributed by atoms with Gasteiger partial charge in [-0.2, -0.15) is 0 Å². The molecule has 3 fully saturated rings. The molecule has 3 aliphatic rings. The lowest BCUT2D eigenvalue weighted by molar-refractivity contribution is -0.0598. The third-order valence-electron chi connectivity index (χ3n) is 6.34. The third kappa shape index (κ3) is 4.01. The second-order valence-corrected chi connectivity index (χ2v) is 8.10. The number of hydrogen-bond acceptors (Lipinski definition) is 3. The number of halogens is 1. The predicted molar refractivity (Wildman–Crippen MR) is 99.7 cm³/mol. The number of anilines is 1. The minimum Gasteiger partial charge on any atom is -0.375 e. The number of aryl methyl sites for hydroxylation is 1.